The zero-order valence-corrected chi connectivity index (χ0v) is 7.51. The Bertz CT molecular complexity index is 395. The van der Waals surface area contributed by atoms with Gasteiger partial charge in [-0.05, 0) is 17.7 Å². The Labute approximate surface area is 83.9 Å². The van der Waals surface area contributed by atoms with E-state index in [9.17, 15) is 13.2 Å². The number of hydrogen-bond donors (Lipinski definition) is 1. The first-order valence-electron chi connectivity index (χ1n) is 3.95. The second kappa shape index (κ2) is 4.19. The molecule has 0 saturated carbocycles. The molecule has 3 nitrogen and oxygen atoms in total. The third kappa shape index (κ3) is 3.14. The van der Waals surface area contributed by atoms with Crippen molar-refractivity contribution in [3.05, 3.63) is 29.3 Å². The molecule has 0 unspecified atom stereocenters. The van der Waals surface area contributed by atoms with Gasteiger partial charge in [-0.3, -0.25) is 0 Å². The summed E-state index contributed by atoms with van der Waals surface area (Å²) in [7, 11) is 0. The van der Waals surface area contributed by atoms with Gasteiger partial charge in [-0.2, -0.15) is 5.26 Å². The summed E-state index contributed by atoms with van der Waals surface area (Å²) >= 11 is 0. The highest BCUT2D eigenvalue weighted by Crippen LogP contribution is 2.26. The first kappa shape index (κ1) is 11.3. The summed E-state index contributed by atoms with van der Waals surface area (Å²) in [5, 5.41) is 8.60. The molecule has 0 radical (unpaired) electrons. The molecule has 15 heavy (non-hydrogen) atoms. The van der Waals surface area contributed by atoms with Crippen molar-refractivity contribution < 1.29 is 17.9 Å². The highest BCUT2D eigenvalue weighted by molar-refractivity contribution is 5.45. The van der Waals surface area contributed by atoms with Crippen LogP contribution in [-0.4, -0.2) is 6.36 Å². The van der Waals surface area contributed by atoms with Crippen LogP contribution in [0, 0.1) is 11.3 Å². The van der Waals surface area contributed by atoms with E-state index in [2.05, 4.69) is 4.74 Å². The second-order valence-corrected chi connectivity index (χ2v) is 2.69. The Morgan fingerprint density at radius 3 is 2.53 bits per heavy atom. The van der Waals surface area contributed by atoms with Gasteiger partial charge in [-0.15, -0.1) is 13.2 Å². The molecule has 0 saturated heterocycles. The Morgan fingerprint density at radius 2 is 2.07 bits per heavy atom. The van der Waals surface area contributed by atoms with Crippen LogP contribution in [0.2, 0.25) is 0 Å². The van der Waals surface area contributed by atoms with Crippen molar-refractivity contribution in [3.8, 4) is 11.8 Å². The minimum absolute atomic E-state index is 0.154. The fraction of sp³-hybridized carbons (Fsp3) is 0.222. The zero-order valence-electron chi connectivity index (χ0n) is 7.51. The molecule has 0 atom stereocenters. The maximum Gasteiger partial charge on any atom is 0.573 e. The van der Waals surface area contributed by atoms with E-state index >= 15 is 0 Å². The molecule has 0 spiro atoms. The van der Waals surface area contributed by atoms with Gasteiger partial charge in [-0.25, -0.2) is 0 Å². The van der Waals surface area contributed by atoms with Crippen molar-refractivity contribution in [2.45, 2.75) is 12.9 Å². The molecule has 0 amide bonds. The Morgan fingerprint density at radius 1 is 1.40 bits per heavy atom. The van der Waals surface area contributed by atoms with E-state index in [0.29, 0.717) is 5.56 Å². The normalized spacial score (nSPS) is 10.9. The SMILES string of the molecule is N#Cc1cc(CN)ccc1OC(F)(F)F. The van der Waals surface area contributed by atoms with E-state index in [4.69, 9.17) is 11.0 Å². The van der Waals surface area contributed by atoms with Crippen molar-refractivity contribution in [1.29, 1.82) is 5.26 Å². The molecule has 2 N–H and O–H groups in total. The average Bonchev–Trinajstić information content (AvgIpc) is 2.16. The standard InChI is InChI=1S/C9H7F3N2O/c10-9(11,12)15-8-2-1-6(4-13)3-7(8)5-14/h1-3H,4,13H2. The highest BCUT2D eigenvalue weighted by atomic mass is 19.4. The first-order valence-corrected chi connectivity index (χ1v) is 3.95. The molecule has 1 rings (SSSR count). The second-order valence-electron chi connectivity index (χ2n) is 2.69. The molecular formula is C9H7F3N2O. The highest BCUT2D eigenvalue weighted by Gasteiger charge is 2.32. The third-order valence-electron chi connectivity index (χ3n) is 1.63. The van der Waals surface area contributed by atoms with Crippen molar-refractivity contribution in [1.82, 2.24) is 0 Å². The summed E-state index contributed by atoms with van der Waals surface area (Å²) < 4.78 is 39.3. The van der Waals surface area contributed by atoms with E-state index in [-0.39, 0.29) is 12.1 Å². The Balaban J connectivity index is 3.04. The minimum atomic E-state index is -4.80. The molecule has 80 valence electrons. The number of alkyl halides is 3. The van der Waals surface area contributed by atoms with E-state index in [0.717, 1.165) is 6.07 Å². The van der Waals surface area contributed by atoms with Gasteiger partial charge in [-0.1, -0.05) is 6.07 Å². The van der Waals surface area contributed by atoms with Gasteiger partial charge in [0.2, 0.25) is 0 Å². The third-order valence-corrected chi connectivity index (χ3v) is 1.63. The predicted molar refractivity (Wildman–Crippen MR) is 45.7 cm³/mol. The molecule has 0 aromatic heterocycles. The topological polar surface area (TPSA) is 59.0 Å². The molecule has 0 heterocycles. The molecule has 0 aliphatic carbocycles. The lowest BCUT2D eigenvalue weighted by Gasteiger charge is -2.10. The van der Waals surface area contributed by atoms with Crippen molar-refractivity contribution in [3.63, 3.8) is 0 Å². The van der Waals surface area contributed by atoms with E-state index in [1.807, 2.05) is 0 Å². The maximum absolute atomic E-state index is 11.9. The smallest absolute Gasteiger partial charge is 0.404 e. The molecule has 1 aromatic rings. The molecule has 0 aliphatic heterocycles. The Kier molecular flexibility index (Phi) is 3.17. The molecule has 0 aliphatic rings. The lowest BCUT2D eigenvalue weighted by Crippen LogP contribution is -2.18. The van der Waals surface area contributed by atoms with E-state index in [1.54, 1.807) is 6.07 Å². The van der Waals surface area contributed by atoms with E-state index < -0.39 is 12.1 Å². The van der Waals surface area contributed by atoms with Gasteiger partial charge in [0.05, 0.1) is 5.56 Å². The summed E-state index contributed by atoms with van der Waals surface area (Å²) in [5.41, 5.74) is 5.66. The minimum Gasteiger partial charge on any atom is -0.404 e. The van der Waals surface area contributed by atoms with Crippen LogP contribution >= 0.6 is 0 Å². The lowest BCUT2D eigenvalue weighted by molar-refractivity contribution is -0.274. The first-order chi connectivity index (χ1) is 6.96. The average molecular weight is 216 g/mol. The van der Waals surface area contributed by atoms with Crippen LogP contribution in [0.5, 0.6) is 5.75 Å². The van der Waals surface area contributed by atoms with Gasteiger partial charge in [0.1, 0.15) is 11.8 Å². The summed E-state index contributed by atoms with van der Waals surface area (Å²) in [5.74, 6) is -0.512. The number of rotatable bonds is 2. The monoisotopic (exact) mass is 216 g/mol. The number of benzene rings is 1. The van der Waals surface area contributed by atoms with Crippen LogP contribution in [0.25, 0.3) is 0 Å². The summed E-state index contributed by atoms with van der Waals surface area (Å²) in [6.07, 6.45) is -4.80. The molecule has 1 aromatic carbocycles. The van der Waals surface area contributed by atoms with Crippen LogP contribution in [0.3, 0.4) is 0 Å². The fourth-order valence-corrected chi connectivity index (χ4v) is 1.01. The van der Waals surface area contributed by atoms with Crippen LogP contribution < -0.4 is 10.5 Å². The molecular weight excluding hydrogens is 209 g/mol. The Hall–Kier alpha value is -1.74. The van der Waals surface area contributed by atoms with Gasteiger partial charge in [0.25, 0.3) is 0 Å². The molecule has 6 heteroatoms. The number of nitrogens with two attached hydrogens (primary N) is 1. The number of nitriles is 1. The van der Waals surface area contributed by atoms with Crippen LogP contribution in [0.15, 0.2) is 18.2 Å². The van der Waals surface area contributed by atoms with Gasteiger partial charge < -0.3 is 10.5 Å². The number of nitrogens with zero attached hydrogens (tertiary/aromatic N) is 1. The summed E-state index contributed by atoms with van der Waals surface area (Å²) in [6.45, 7) is 0.154. The van der Waals surface area contributed by atoms with Crippen LogP contribution in [-0.2, 0) is 6.54 Å². The van der Waals surface area contributed by atoms with Gasteiger partial charge >= 0.3 is 6.36 Å². The summed E-state index contributed by atoms with van der Waals surface area (Å²) in [6, 6.07) is 5.33. The number of halogens is 3. The van der Waals surface area contributed by atoms with Crippen molar-refractivity contribution in [2.24, 2.45) is 5.73 Å². The van der Waals surface area contributed by atoms with Crippen molar-refractivity contribution in [2.75, 3.05) is 0 Å². The van der Waals surface area contributed by atoms with E-state index in [1.165, 1.54) is 12.1 Å². The van der Waals surface area contributed by atoms with Gasteiger partial charge in [0.15, 0.2) is 0 Å². The molecule has 0 fully saturated rings. The quantitative estimate of drug-likeness (QED) is 0.821. The van der Waals surface area contributed by atoms with Crippen LogP contribution in [0.1, 0.15) is 11.1 Å². The fourth-order valence-electron chi connectivity index (χ4n) is 1.01. The zero-order chi connectivity index (χ0) is 11.5. The number of ether oxygens (including phenoxy) is 1. The number of hydrogen-bond acceptors (Lipinski definition) is 3. The summed E-state index contributed by atoms with van der Waals surface area (Å²) in [4.78, 5) is 0. The van der Waals surface area contributed by atoms with Gasteiger partial charge in [0, 0.05) is 6.54 Å². The van der Waals surface area contributed by atoms with Crippen LogP contribution in [0.4, 0.5) is 13.2 Å². The van der Waals surface area contributed by atoms with Crippen molar-refractivity contribution >= 4 is 0 Å². The largest absolute Gasteiger partial charge is 0.573 e. The lowest BCUT2D eigenvalue weighted by atomic mass is 10.1. The molecule has 0 bridgehead atoms. The maximum atomic E-state index is 11.9. The predicted octanol–water partition coefficient (Wildman–Crippen LogP) is 1.92.